The topological polar surface area (TPSA) is 20.2 Å². The van der Waals surface area contributed by atoms with E-state index in [1.165, 1.54) is 0 Å². The third-order valence-corrected chi connectivity index (χ3v) is 3.98. The largest absolute Gasteiger partial charge is 0.383 e. The average molecular weight is 335 g/mol. The molecule has 1 nitrogen and oxygen atoms in total. The predicted molar refractivity (Wildman–Crippen MR) is 76.1 cm³/mol. The Labute approximate surface area is 129 Å². The van der Waals surface area contributed by atoms with Gasteiger partial charge in [-0.2, -0.15) is 0 Å². The molecule has 0 saturated heterocycles. The lowest BCUT2D eigenvalue weighted by Crippen LogP contribution is -2.32. The van der Waals surface area contributed by atoms with Crippen molar-refractivity contribution in [1.29, 1.82) is 0 Å². The minimum absolute atomic E-state index is 0.127. The van der Waals surface area contributed by atoms with Crippen LogP contribution in [-0.4, -0.2) is 11.0 Å². The zero-order valence-electron chi connectivity index (χ0n) is 10.7. The molecule has 0 fully saturated rings. The summed E-state index contributed by atoms with van der Waals surface area (Å²) in [6, 6.07) is 7.63. The summed E-state index contributed by atoms with van der Waals surface area (Å²) in [5.74, 6) is -4.05. The number of benzene rings is 2. The van der Waals surface area contributed by atoms with Crippen LogP contribution < -0.4 is 0 Å². The summed E-state index contributed by atoms with van der Waals surface area (Å²) in [7, 11) is 0. The van der Waals surface area contributed by atoms with Crippen molar-refractivity contribution < 1.29 is 18.3 Å². The summed E-state index contributed by atoms with van der Waals surface area (Å²) >= 11 is 11.7. The Hall–Kier alpha value is -1.23. The highest BCUT2D eigenvalue weighted by Crippen LogP contribution is 2.32. The van der Waals surface area contributed by atoms with E-state index in [0.29, 0.717) is 22.7 Å². The maximum atomic E-state index is 13.9. The molecule has 1 unspecified atom stereocenters. The van der Waals surface area contributed by atoms with E-state index in [9.17, 15) is 18.3 Å². The van der Waals surface area contributed by atoms with Crippen molar-refractivity contribution in [2.45, 2.75) is 12.0 Å². The van der Waals surface area contributed by atoms with Crippen molar-refractivity contribution in [2.75, 3.05) is 5.88 Å². The number of alkyl halides is 1. The van der Waals surface area contributed by atoms with E-state index in [1.807, 2.05) is 0 Å². The van der Waals surface area contributed by atoms with Crippen LogP contribution in [0.25, 0.3) is 0 Å². The molecule has 0 spiro atoms. The van der Waals surface area contributed by atoms with E-state index in [0.717, 1.165) is 0 Å². The SMILES string of the molecule is OC(CCl)(Cc1ccccc1Cl)c1cc(F)c(F)cc1F. The molecule has 6 heteroatoms. The van der Waals surface area contributed by atoms with E-state index >= 15 is 0 Å². The number of aliphatic hydroxyl groups is 1. The molecule has 0 heterocycles. The van der Waals surface area contributed by atoms with Crippen LogP contribution in [0.1, 0.15) is 11.1 Å². The summed E-state index contributed by atoms with van der Waals surface area (Å²) in [4.78, 5) is 0. The maximum Gasteiger partial charge on any atom is 0.161 e. The molecule has 112 valence electrons. The predicted octanol–water partition coefficient (Wildman–Crippen LogP) is 4.43. The fourth-order valence-electron chi connectivity index (χ4n) is 2.05. The molecule has 0 amide bonds. The van der Waals surface area contributed by atoms with Gasteiger partial charge in [0.15, 0.2) is 11.6 Å². The third-order valence-electron chi connectivity index (χ3n) is 3.17. The summed E-state index contributed by atoms with van der Waals surface area (Å²) in [6.07, 6.45) is -0.127. The molecule has 0 radical (unpaired) electrons. The molecule has 2 aromatic carbocycles. The van der Waals surface area contributed by atoms with Gasteiger partial charge in [0.1, 0.15) is 11.4 Å². The number of rotatable bonds is 4. The molecule has 1 atom stereocenters. The first kappa shape index (κ1) is 16.1. The van der Waals surface area contributed by atoms with Gasteiger partial charge in [0.05, 0.1) is 5.88 Å². The molecule has 0 aromatic heterocycles. The molecule has 0 saturated carbocycles. The Kier molecular flexibility index (Phi) is 4.81. The quantitative estimate of drug-likeness (QED) is 0.648. The lowest BCUT2D eigenvalue weighted by Gasteiger charge is -2.27. The van der Waals surface area contributed by atoms with Gasteiger partial charge in [-0.25, -0.2) is 13.2 Å². The van der Waals surface area contributed by atoms with Crippen molar-refractivity contribution in [3.05, 3.63) is 70.0 Å². The van der Waals surface area contributed by atoms with Crippen LogP contribution in [0, 0.1) is 17.5 Å². The van der Waals surface area contributed by atoms with Crippen LogP contribution in [0.4, 0.5) is 13.2 Å². The van der Waals surface area contributed by atoms with Crippen molar-refractivity contribution >= 4 is 23.2 Å². The Morgan fingerprint density at radius 2 is 1.62 bits per heavy atom. The van der Waals surface area contributed by atoms with Gasteiger partial charge in [0.2, 0.25) is 0 Å². The molecule has 1 N–H and O–H groups in total. The third kappa shape index (κ3) is 3.34. The molecular weight excluding hydrogens is 324 g/mol. The fourth-order valence-corrected chi connectivity index (χ4v) is 2.49. The van der Waals surface area contributed by atoms with Crippen LogP contribution in [0.3, 0.4) is 0 Å². The van der Waals surface area contributed by atoms with Crippen LogP contribution >= 0.6 is 23.2 Å². The van der Waals surface area contributed by atoms with Crippen LogP contribution in [0.15, 0.2) is 36.4 Å². The van der Waals surface area contributed by atoms with Gasteiger partial charge >= 0.3 is 0 Å². The average Bonchev–Trinajstić information content (AvgIpc) is 2.45. The van der Waals surface area contributed by atoms with Crippen molar-refractivity contribution in [3.63, 3.8) is 0 Å². The normalized spacial score (nSPS) is 14.0. The van der Waals surface area contributed by atoms with E-state index < -0.39 is 34.5 Å². The summed E-state index contributed by atoms with van der Waals surface area (Å²) < 4.78 is 40.2. The first-order valence-corrected chi connectivity index (χ1v) is 6.95. The number of halogens is 5. The molecule has 21 heavy (non-hydrogen) atoms. The molecule has 2 aromatic rings. The Morgan fingerprint density at radius 1 is 1.00 bits per heavy atom. The highest BCUT2D eigenvalue weighted by Gasteiger charge is 2.33. The number of hydrogen-bond acceptors (Lipinski definition) is 1. The highest BCUT2D eigenvalue weighted by atomic mass is 35.5. The summed E-state index contributed by atoms with van der Waals surface area (Å²) in [5, 5.41) is 10.9. The second-order valence-corrected chi connectivity index (χ2v) is 5.35. The minimum atomic E-state index is -1.90. The van der Waals surface area contributed by atoms with Gasteiger partial charge in [-0.1, -0.05) is 29.8 Å². The van der Waals surface area contributed by atoms with Crippen molar-refractivity contribution in [3.8, 4) is 0 Å². The monoisotopic (exact) mass is 334 g/mol. The minimum Gasteiger partial charge on any atom is -0.383 e. The lowest BCUT2D eigenvalue weighted by atomic mass is 9.88. The Bertz CT molecular complexity index is 663. The summed E-state index contributed by atoms with van der Waals surface area (Å²) in [5.41, 5.74) is -1.78. The van der Waals surface area contributed by atoms with Crippen LogP contribution in [0.2, 0.25) is 5.02 Å². The smallest absolute Gasteiger partial charge is 0.161 e. The first-order valence-electron chi connectivity index (χ1n) is 6.04. The van der Waals surface area contributed by atoms with Crippen LogP contribution in [0.5, 0.6) is 0 Å². The zero-order valence-corrected chi connectivity index (χ0v) is 12.2. The fraction of sp³-hybridized carbons (Fsp3) is 0.200. The second kappa shape index (κ2) is 6.26. The molecule has 0 aliphatic carbocycles. The lowest BCUT2D eigenvalue weighted by molar-refractivity contribution is 0.0570. The van der Waals surface area contributed by atoms with Gasteiger partial charge in [-0.15, -0.1) is 11.6 Å². The van der Waals surface area contributed by atoms with Gasteiger partial charge in [0.25, 0.3) is 0 Å². The molecule has 0 aliphatic rings. The van der Waals surface area contributed by atoms with E-state index in [4.69, 9.17) is 23.2 Å². The highest BCUT2D eigenvalue weighted by molar-refractivity contribution is 6.31. The van der Waals surface area contributed by atoms with Crippen molar-refractivity contribution in [1.82, 2.24) is 0 Å². The van der Waals surface area contributed by atoms with Gasteiger partial charge in [-0.05, 0) is 17.7 Å². The molecule has 0 bridgehead atoms. The van der Waals surface area contributed by atoms with Crippen molar-refractivity contribution in [2.24, 2.45) is 0 Å². The van der Waals surface area contributed by atoms with Crippen LogP contribution in [-0.2, 0) is 12.0 Å². The Balaban J connectivity index is 2.47. The van der Waals surface area contributed by atoms with E-state index in [2.05, 4.69) is 0 Å². The van der Waals surface area contributed by atoms with E-state index in [-0.39, 0.29) is 6.42 Å². The molecule has 2 rings (SSSR count). The van der Waals surface area contributed by atoms with E-state index in [1.54, 1.807) is 24.3 Å². The molecule has 0 aliphatic heterocycles. The van der Waals surface area contributed by atoms with Gasteiger partial charge < -0.3 is 5.11 Å². The van der Waals surface area contributed by atoms with Gasteiger partial charge in [-0.3, -0.25) is 0 Å². The standard InChI is InChI=1S/C15H11Cl2F3O/c16-8-15(21,7-9-3-1-2-4-11(9)17)10-5-13(19)14(20)6-12(10)18/h1-6,21H,7-8H2. The number of hydrogen-bond donors (Lipinski definition) is 1. The summed E-state index contributed by atoms with van der Waals surface area (Å²) in [6.45, 7) is 0. The Morgan fingerprint density at radius 3 is 2.24 bits per heavy atom. The maximum absolute atomic E-state index is 13.9. The van der Waals surface area contributed by atoms with Gasteiger partial charge in [0, 0.05) is 23.1 Å². The second-order valence-electron chi connectivity index (χ2n) is 4.68. The molecular formula is C15H11Cl2F3O. The first-order chi connectivity index (χ1) is 9.87. The zero-order chi connectivity index (χ0) is 15.6.